The molecule has 0 aromatic rings. The summed E-state index contributed by atoms with van der Waals surface area (Å²) in [6.07, 6.45) is 0.877. The fourth-order valence-electron chi connectivity index (χ4n) is 0.849. The van der Waals surface area contributed by atoms with Gasteiger partial charge in [-0.15, -0.1) is 0 Å². The Morgan fingerprint density at radius 1 is 1.80 bits per heavy atom. The van der Waals surface area contributed by atoms with Gasteiger partial charge in [0.25, 0.3) is 0 Å². The van der Waals surface area contributed by atoms with E-state index in [4.69, 9.17) is 15.7 Å². The van der Waals surface area contributed by atoms with Crippen molar-refractivity contribution in [3.63, 3.8) is 0 Å². The van der Waals surface area contributed by atoms with E-state index < -0.39 is 0 Å². The molecule has 1 fully saturated rings. The lowest BCUT2D eigenvalue weighted by Crippen LogP contribution is -2.30. The van der Waals surface area contributed by atoms with Crippen molar-refractivity contribution in [1.29, 1.82) is 0 Å². The van der Waals surface area contributed by atoms with Crippen molar-refractivity contribution in [2.24, 2.45) is 10.7 Å². The number of hydrogen-bond acceptors (Lipinski definition) is 3. The summed E-state index contributed by atoms with van der Waals surface area (Å²) in [5.74, 6) is 0.0514. The van der Waals surface area contributed by atoms with Gasteiger partial charge in [0.1, 0.15) is 0 Å². The van der Waals surface area contributed by atoms with E-state index in [9.17, 15) is 0 Å². The molecule has 1 saturated heterocycles. The van der Waals surface area contributed by atoms with Gasteiger partial charge in [-0.3, -0.25) is 5.21 Å². The van der Waals surface area contributed by atoms with Crippen molar-refractivity contribution < 1.29 is 9.94 Å². The molecule has 1 heterocycles. The maximum Gasteiger partial charge on any atom is 0.213 e. The van der Waals surface area contributed by atoms with Gasteiger partial charge >= 0.3 is 0 Å². The monoisotopic (exact) mass is 145 g/mol. The SMILES string of the molecule is NC(=NC1CCOC1)NO. The molecule has 58 valence electrons. The van der Waals surface area contributed by atoms with Crippen LogP contribution < -0.4 is 11.2 Å². The molecular formula is C5H11N3O2. The average molecular weight is 145 g/mol. The maximum atomic E-state index is 8.25. The fourth-order valence-corrected chi connectivity index (χ4v) is 0.849. The molecule has 5 nitrogen and oxygen atoms in total. The second-order valence-corrected chi connectivity index (χ2v) is 2.14. The number of nitrogens with one attached hydrogen (secondary N) is 1. The first-order valence-corrected chi connectivity index (χ1v) is 3.14. The molecular weight excluding hydrogens is 134 g/mol. The van der Waals surface area contributed by atoms with E-state index in [0.29, 0.717) is 6.61 Å². The fraction of sp³-hybridized carbons (Fsp3) is 0.800. The number of ether oxygens (including phenoxy) is 1. The van der Waals surface area contributed by atoms with Crippen LogP contribution in [0.3, 0.4) is 0 Å². The topological polar surface area (TPSA) is 79.9 Å². The van der Waals surface area contributed by atoms with Crippen molar-refractivity contribution in [2.45, 2.75) is 12.5 Å². The Hall–Kier alpha value is -0.810. The molecule has 0 spiro atoms. The Morgan fingerprint density at radius 2 is 2.60 bits per heavy atom. The van der Waals surface area contributed by atoms with E-state index >= 15 is 0 Å². The van der Waals surface area contributed by atoms with Gasteiger partial charge in [0.2, 0.25) is 5.96 Å². The van der Waals surface area contributed by atoms with Crippen LogP contribution in [0.2, 0.25) is 0 Å². The molecule has 0 amide bonds. The molecule has 0 aromatic heterocycles. The summed E-state index contributed by atoms with van der Waals surface area (Å²) < 4.78 is 5.03. The van der Waals surface area contributed by atoms with Crippen LogP contribution in [-0.4, -0.2) is 30.4 Å². The van der Waals surface area contributed by atoms with Gasteiger partial charge in [-0.2, -0.15) is 0 Å². The van der Waals surface area contributed by atoms with Gasteiger partial charge in [0, 0.05) is 6.61 Å². The van der Waals surface area contributed by atoms with Crippen molar-refractivity contribution in [2.75, 3.05) is 13.2 Å². The third-order valence-electron chi connectivity index (χ3n) is 1.34. The lowest BCUT2D eigenvalue weighted by atomic mass is 10.3. The molecule has 0 saturated carbocycles. The molecule has 1 aliphatic rings. The summed E-state index contributed by atoms with van der Waals surface area (Å²) in [5, 5.41) is 8.25. The highest BCUT2D eigenvalue weighted by molar-refractivity contribution is 5.76. The van der Waals surface area contributed by atoms with Crippen LogP contribution in [0.5, 0.6) is 0 Å². The van der Waals surface area contributed by atoms with Crippen molar-refractivity contribution in [3.8, 4) is 0 Å². The lowest BCUT2D eigenvalue weighted by molar-refractivity contribution is 0.193. The maximum absolute atomic E-state index is 8.25. The van der Waals surface area contributed by atoms with Crippen LogP contribution >= 0.6 is 0 Å². The van der Waals surface area contributed by atoms with E-state index in [1.807, 2.05) is 0 Å². The lowest BCUT2D eigenvalue weighted by Gasteiger charge is -2.01. The van der Waals surface area contributed by atoms with Crippen molar-refractivity contribution in [3.05, 3.63) is 0 Å². The molecule has 4 N–H and O–H groups in total. The van der Waals surface area contributed by atoms with Gasteiger partial charge < -0.3 is 10.5 Å². The standard InChI is InChI=1S/C5H11N3O2/c6-5(8-9)7-4-1-2-10-3-4/h4,9H,1-3H2,(H3,6,7,8). The van der Waals surface area contributed by atoms with Crippen LogP contribution in [0, 0.1) is 0 Å². The van der Waals surface area contributed by atoms with Gasteiger partial charge in [0.05, 0.1) is 12.6 Å². The predicted octanol–water partition coefficient (Wildman–Crippen LogP) is -0.931. The van der Waals surface area contributed by atoms with Crippen molar-refractivity contribution in [1.82, 2.24) is 5.48 Å². The van der Waals surface area contributed by atoms with Gasteiger partial charge in [-0.25, -0.2) is 10.5 Å². The van der Waals surface area contributed by atoms with E-state index in [-0.39, 0.29) is 12.0 Å². The summed E-state index contributed by atoms with van der Waals surface area (Å²) in [7, 11) is 0. The number of rotatable bonds is 1. The second kappa shape index (κ2) is 3.38. The second-order valence-electron chi connectivity index (χ2n) is 2.14. The third-order valence-corrected chi connectivity index (χ3v) is 1.34. The predicted molar refractivity (Wildman–Crippen MR) is 35.8 cm³/mol. The Morgan fingerprint density at radius 3 is 3.10 bits per heavy atom. The third kappa shape index (κ3) is 1.85. The molecule has 0 bridgehead atoms. The molecule has 1 aliphatic heterocycles. The molecule has 10 heavy (non-hydrogen) atoms. The van der Waals surface area contributed by atoms with Crippen LogP contribution in [0.4, 0.5) is 0 Å². The first-order chi connectivity index (χ1) is 4.83. The minimum atomic E-state index is 0.0514. The summed E-state index contributed by atoms with van der Waals surface area (Å²) in [6, 6.07) is 0.111. The molecule has 1 unspecified atom stereocenters. The molecule has 0 aliphatic carbocycles. The number of aliphatic imine (C=N–C) groups is 1. The molecule has 1 atom stereocenters. The molecule has 5 heteroatoms. The highest BCUT2D eigenvalue weighted by Gasteiger charge is 2.13. The number of nitrogens with zero attached hydrogens (tertiary/aromatic N) is 1. The van der Waals surface area contributed by atoms with Gasteiger partial charge in [-0.05, 0) is 6.42 Å². The summed E-state index contributed by atoms with van der Waals surface area (Å²) in [4.78, 5) is 3.90. The zero-order chi connectivity index (χ0) is 7.40. The highest BCUT2D eigenvalue weighted by atomic mass is 16.5. The smallest absolute Gasteiger partial charge is 0.213 e. The summed E-state index contributed by atoms with van der Waals surface area (Å²) in [6.45, 7) is 1.33. The quantitative estimate of drug-likeness (QED) is 0.253. The van der Waals surface area contributed by atoms with Crippen LogP contribution in [-0.2, 0) is 4.74 Å². The average Bonchev–Trinajstić information content (AvgIpc) is 2.40. The summed E-state index contributed by atoms with van der Waals surface area (Å²) in [5.41, 5.74) is 6.95. The zero-order valence-corrected chi connectivity index (χ0v) is 5.58. The number of nitrogens with two attached hydrogens (primary N) is 1. The largest absolute Gasteiger partial charge is 0.379 e. The Bertz CT molecular complexity index is 131. The van der Waals surface area contributed by atoms with E-state index in [1.165, 1.54) is 0 Å². The minimum Gasteiger partial charge on any atom is -0.379 e. The van der Waals surface area contributed by atoms with E-state index in [0.717, 1.165) is 13.0 Å². The zero-order valence-electron chi connectivity index (χ0n) is 5.58. The molecule has 1 rings (SSSR count). The van der Waals surface area contributed by atoms with Crippen LogP contribution in [0.25, 0.3) is 0 Å². The van der Waals surface area contributed by atoms with E-state index in [1.54, 1.807) is 5.48 Å². The van der Waals surface area contributed by atoms with Crippen LogP contribution in [0.15, 0.2) is 4.99 Å². The number of guanidine groups is 1. The number of hydrogen-bond donors (Lipinski definition) is 3. The van der Waals surface area contributed by atoms with Crippen molar-refractivity contribution >= 4 is 5.96 Å². The minimum absolute atomic E-state index is 0.0514. The first-order valence-electron chi connectivity index (χ1n) is 3.14. The van der Waals surface area contributed by atoms with Gasteiger partial charge in [-0.1, -0.05) is 0 Å². The Labute approximate surface area is 58.8 Å². The number of hydroxylamine groups is 1. The highest BCUT2D eigenvalue weighted by Crippen LogP contribution is 2.06. The van der Waals surface area contributed by atoms with Crippen LogP contribution in [0.1, 0.15) is 6.42 Å². The van der Waals surface area contributed by atoms with Gasteiger partial charge in [0.15, 0.2) is 0 Å². The normalized spacial score (nSPS) is 26.9. The summed E-state index contributed by atoms with van der Waals surface area (Å²) >= 11 is 0. The molecule has 0 aromatic carbocycles. The Kier molecular flexibility index (Phi) is 2.47. The van der Waals surface area contributed by atoms with E-state index in [2.05, 4.69) is 4.99 Å². The first kappa shape index (κ1) is 7.30. The molecule has 0 radical (unpaired) electrons. The Balaban J connectivity index is 2.34.